The van der Waals surface area contributed by atoms with Gasteiger partial charge in [0.15, 0.2) is 5.84 Å². The highest BCUT2D eigenvalue weighted by molar-refractivity contribution is 5.97. The number of ether oxygens (including phenoxy) is 1. The summed E-state index contributed by atoms with van der Waals surface area (Å²) in [6.45, 7) is 1.05. The molecule has 0 fully saturated rings. The summed E-state index contributed by atoms with van der Waals surface area (Å²) in [6.07, 6.45) is -0.609. The number of aliphatic hydroxyl groups is 1. The van der Waals surface area contributed by atoms with Crippen molar-refractivity contribution in [3.8, 4) is 0 Å². The van der Waals surface area contributed by atoms with Crippen LogP contribution >= 0.6 is 0 Å². The largest absolute Gasteiger partial charge is 0.409 e. The summed E-state index contributed by atoms with van der Waals surface area (Å²) in [5.41, 5.74) is 6.43. The van der Waals surface area contributed by atoms with E-state index in [0.29, 0.717) is 24.2 Å². The summed E-state index contributed by atoms with van der Waals surface area (Å²) >= 11 is 0. The number of rotatable bonds is 7. The zero-order valence-electron chi connectivity index (χ0n) is 11.6. The van der Waals surface area contributed by atoms with Crippen molar-refractivity contribution in [3.05, 3.63) is 35.1 Å². The number of likely N-dealkylation sites (N-methyl/N-ethyl adjacent to an activating group) is 1. The molecular formula is C13H20FN3O3. The minimum atomic E-state index is -0.609. The number of aliphatic hydroxyl groups excluding tert-OH is 1. The van der Waals surface area contributed by atoms with Gasteiger partial charge in [0.05, 0.1) is 12.7 Å². The number of methoxy groups -OCH3 is 1. The van der Waals surface area contributed by atoms with Gasteiger partial charge in [-0.05, 0) is 30.8 Å². The van der Waals surface area contributed by atoms with Crippen molar-refractivity contribution in [2.75, 3.05) is 27.3 Å². The molecule has 0 aliphatic carbocycles. The summed E-state index contributed by atoms with van der Waals surface area (Å²) in [5, 5.41) is 21.1. The number of hydrogen-bond acceptors (Lipinski definition) is 5. The van der Waals surface area contributed by atoms with E-state index < -0.39 is 11.9 Å². The molecule has 0 heterocycles. The smallest absolute Gasteiger partial charge is 0.170 e. The molecule has 0 aromatic heterocycles. The Bertz CT molecular complexity index is 468. The monoisotopic (exact) mass is 285 g/mol. The lowest BCUT2D eigenvalue weighted by atomic mass is 10.1. The Kier molecular flexibility index (Phi) is 6.37. The molecule has 1 aromatic rings. The quantitative estimate of drug-likeness (QED) is 0.291. The lowest BCUT2D eigenvalue weighted by Crippen LogP contribution is -2.31. The molecule has 0 amide bonds. The Morgan fingerprint density at radius 3 is 2.80 bits per heavy atom. The topological polar surface area (TPSA) is 91.3 Å². The number of nitrogens with two attached hydrogens (primary N) is 1. The second kappa shape index (κ2) is 7.78. The Hall–Kier alpha value is -1.70. The molecule has 4 N–H and O–H groups in total. The fourth-order valence-electron chi connectivity index (χ4n) is 1.93. The van der Waals surface area contributed by atoms with E-state index in [4.69, 9.17) is 15.7 Å². The summed E-state index contributed by atoms with van der Waals surface area (Å²) in [5.74, 6) is -0.609. The molecule has 20 heavy (non-hydrogen) atoms. The molecule has 0 radical (unpaired) electrons. The molecule has 0 bridgehead atoms. The average molecular weight is 285 g/mol. The van der Waals surface area contributed by atoms with Gasteiger partial charge >= 0.3 is 0 Å². The number of hydrogen-bond donors (Lipinski definition) is 3. The molecule has 1 aromatic carbocycles. The van der Waals surface area contributed by atoms with E-state index >= 15 is 0 Å². The van der Waals surface area contributed by atoms with Crippen LogP contribution in [-0.2, 0) is 11.3 Å². The maximum atomic E-state index is 13.5. The van der Waals surface area contributed by atoms with Crippen LogP contribution in [0.1, 0.15) is 11.1 Å². The third-order valence-corrected chi connectivity index (χ3v) is 2.70. The molecule has 1 rings (SSSR count). The number of amidine groups is 1. The van der Waals surface area contributed by atoms with E-state index in [1.807, 2.05) is 4.90 Å². The minimum absolute atomic E-state index is 0.146. The first-order valence-corrected chi connectivity index (χ1v) is 6.09. The predicted molar refractivity (Wildman–Crippen MR) is 73.1 cm³/mol. The highest BCUT2D eigenvalue weighted by Gasteiger charge is 2.10. The Morgan fingerprint density at radius 2 is 2.20 bits per heavy atom. The van der Waals surface area contributed by atoms with E-state index in [2.05, 4.69) is 5.16 Å². The number of oxime groups is 1. The maximum absolute atomic E-state index is 13.5. The minimum Gasteiger partial charge on any atom is -0.409 e. The van der Waals surface area contributed by atoms with Gasteiger partial charge in [0, 0.05) is 25.8 Å². The summed E-state index contributed by atoms with van der Waals surface area (Å²) < 4.78 is 18.3. The van der Waals surface area contributed by atoms with Crippen LogP contribution in [0.5, 0.6) is 0 Å². The molecule has 112 valence electrons. The van der Waals surface area contributed by atoms with Gasteiger partial charge in [-0.1, -0.05) is 5.16 Å². The zero-order chi connectivity index (χ0) is 15.1. The van der Waals surface area contributed by atoms with Gasteiger partial charge in [-0.15, -0.1) is 0 Å². The van der Waals surface area contributed by atoms with Crippen molar-refractivity contribution in [3.63, 3.8) is 0 Å². The molecule has 0 spiro atoms. The van der Waals surface area contributed by atoms with Gasteiger partial charge in [0.25, 0.3) is 0 Å². The fraction of sp³-hybridized carbons (Fsp3) is 0.462. The van der Waals surface area contributed by atoms with Gasteiger partial charge in [0.1, 0.15) is 5.82 Å². The average Bonchev–Trinajstić information content (AvgIpc) is 2.36. The second-order valence-corrected chi connectivity index (χ2v) is 4.64. The van der Waals surface area contributed by atoms with E-state index in [1.54, 1.807) is 13.1 Å². The van der Waals surface area contributed by atoms with Crippen LogP contribution in [0.2, 0.25) is 0 Å². The van der Waals surface area contributed by atoms with Crippen LogP contribution < -0.4 is 5.73 Å². The fourth-order valence-corrected chi connectivity index (χ4v) is 1.93. The Balaban J connectivity index is 2.74. The number of nitrogens with zero attached hydrogens (tertiary/aromatic N) is 2. The highest BCUT2D eigenvalue weighted by Crippen LogP contribution is 2.11. The third kappa shape index (κ3) is 5.12. The van der Waals surface area contributed by atoms with E-state index in [-0.39, 0.29) is 12.4 Å². The van der Waals surface area contributed by atoms with Gasteiger partial charge in [0.2, 0.25) is 0 Å². The van der Waals surface area contributed by atoms with Gasteiger partial charge in [-0.2, -0.15) is 0 Å². The van der Waals surface area contributed by atoms with Crippen LogP contribution in [0.3, 0.4) is 0 Å². The normalized spacial score (nSPS) is 13.8. The van der Waals surface area contributed by atoms with Crippen molar-refractivity contribution in [2.45, 2.75) is 12.6 Å². The van der Waals surface area contributed by atoms with E-state index in [9.17, 15) is 9.50 Å². The van der Waals surface area contributed by atoms with Crippen molar-refractivity contribution >= 4 is 5.84 Å². The molecular weight excluding hydrogens is 265 g/mol. The van der Waals surface area contributed by atoms with Crippen LogP contribution in [0.15, 0.2) is 23.4 Å². The molecule has 7 heteroatoms. The van der Waals surface area contributed by atoms with Crippen LogP contribution in [0.4, 0.5) is 4.39 Å². The number of benzene rings is 1. The van der Waals surface area contributed by atoms with Crippen molar-refractivity contribution in [1.82, 2.24) is 4.90 Å². The van der Waals surface area contributed by atoms with Gasteiger partial charge in [-0.3, -0.25) is 4.90 Å². The summed E-state index contributed by atoms with van der Waals surface area (Å²) in [4.78, 5) is 1.83. The molecule has 1 unspecified atom stereocenters. The predicted octanol–water partition coefficient (Wildman–Crippen LogP) is 0.359. The van der Waals surface area contributed by atoms with Gasteiger partial charge < -0.3 is 20.8 Å². The molecule has 6 nitrogen and oxygen atoms in total. The highest BCUT2D eigenvalue weighted by atomic mass is 19.1. The number of halogens is 1. The first kappa shape index (κ1) is 16.4. The Labute approximate surface area is 117 Å². The molecule has 0 saturated carbocycles. The standard InChI is InChI=1S/C13H20FN3O3/c1-17(7-12(18)8-20-2)6-9-3-10(13(15)16-19)5-11(14)4-9/h3-5,12,18-19H,6-8H2,1-2H3,(H2,15,16). The molecule has 0 aliphatic heterocycles. The molecule has 0 saturated heterocycles. The van der Waals surface area contributed by atoms with Crippen LogP contribution in [0, 0.1) is 5.82 Å². The van der Waals surface area contributed by atoms with E-state index in [1.165, 1.54) is 19.2 Å². The summed E-state index contributed by atoms with van der Waals surface area (Å²) in [7, 11) is 3.31. The Morgan fingerprint density at radius 1 is 1.50 bits per heavy atom. The third-order valence-electron chi connectivity index (χ3n) is 2.70. The van der Waals surface area contributed by atoms with Crippen LogP contribution in [-0.4, -0.2) is 54.5 Å². The van der Waals surface area contributed by atoms with E-state index in [0.717, 1.165) is 0 Å². The van der Waals surface area contributed by atoms with Crippen molar-refractivity contribution in [1.29, 1.82) is 0 Å². The summed E-state index contributed by atoms with van der Waals surface area (Å²) in [6, 6.07) is 4.20. The van der Waals surface area contributed by atoms with Crippen LogP contribution in [0.25, 0.3) is 0 Å². The second-order valence-electron chi connectivity index (χ2n) is 4.64. The van der Waals surface area contributed by atoms with Gasteiger partial charge in [-0.25, -0.2) is 4.39 Å². The SMILES string of the molecule is COCC(O)CN(C)Cc1cc(F)cc(/C(N)=N/O)c1. The first-order valence-electron chi connectivity index (χ1n) is 6.09. The maximum Gasteiger partial charge on any atom is 0.170 e. The van der Waals surface area contributed by atoms with Crippen molar-refractivity contribution < 1.29 is 19.4 Å². The lowest BCUT2D eigenvalue weighted by Gasteiger charge is -2.20. The van der Waals surface area contributed by atoms with Crippen molar-refractivity contribution in [2.24, 2.45) is 10.9 Å². The molecule has 1 atom stereocenters. The first-order chi connectivity index (χ1) is 9.46. The zero-order valence-corrected chi connectivity index (χ0v) is 11.6. The molecule has 0 aliphatic rings. The lowest BCUT2D eigenvalue weighted by molar-refractivity contribution is 0.0419.